The molecule has 0 aliphatic heterocycles. The number of rotatable bonds is 6. The van der Waals surface area contributed by atoms with E-state index in [2.05, 4.69) is 4.98 Å². The van der Waals surface area contributed by atoms with Gasteiger partial charge in [-0.1, -0.05) is 23.7 Å². The van der Waals surface area contributed by atoms with E-state index in [1.165, 1.54) is 0 Å². The molecule has 0 radical (unpaired) electrons. The normalized spacial score (nSPS) is 12.3. The van der Waals surface area contributed by atoms with Gasteiger partial charge >= 0.3 is 5.97 Å². The van der Waals surface area contributed by atoms with Gasteiger partial charge in [0, 0.05) is 16.8 Å². The van der Waals surface area contributed by atoms with Crippen molar-refractivity contribution in [1.29, 1.82) is 0 Å². The van der Waals surface area contributed by atoms with Crippen molar-refractivity contribution in [3.05, 3.63) is 53.3 Å². The molecule has 0 aliphatic rings. The van der Waals surface area contributed by atoms with Gasteiger partial charge in [-0.3, -0.25) is 4.98 Å². The second-order valence-electron chi connectivity index (χ2n) is 5.77. The Labute approximate surface area is 155 Å². The highest BCUT2D eigenvalue weighted by molar-refractivity contribution is 6.30. The van der Waals surface area contributed by atoms with Crippen molar-refractivity contribution < 1.29 is 19.7 Å². The summed E-state index contributed by atoms with van der Waals surface area (Å²) in [7, 11) is 0. The predicted molar refractivity (Wildman–Crippen MR) is 99.2 cm³/mol. The van der Waals surface area contributed by atoms with Crippen LogP contribution in [0.5, 0.6) is 0 Å². The molecule has 3 rings (SSSR count). The van der Waals surface area contributed by atoms with Gasteiger partial charge < -0.3 is 19.5 Å². The lowest BCUT2D eigenvalue weighted by Gasteiger charge is -2.14. The zero-order chi connectivity index (χ0) is 18.7. The van der Waals surface area contributed by atoms with Crippen LogP contribution in [-0.4, -0.2) is 45.1 Å². The van der Waals surface area contributed by atoms with Crippen molar-refractivity contribution in [2.75, 3.05) is 13.2 Å². The number of carbonyl (C=O) groups is 1. The Morgan fingerprint density at radius 1 is 1.31 bits per heavy atom. The fourth-order valence-corrected chi connectivity index (χ4v) is 3.06. The SMILES string of the molecule is CCOC(=O)c1c(-c2ccc(Cl)cc2)c2ncccc2n1CC(O)CO. The minimum absolute atomic E-state index is 0.0421. The van der Waals surface area contributed by atoms with E-state index in [0.29, 0.717) is 21.6 Å². The number of ether oxygens (including phenoxy) is 1. The number of aliphatic hydroxyl groups excluding tert-OH is 2. The topological polar surface area (TPSA) is 84.6 Å². The van der Waals surface area contributed by atoms with Crippen LogP contribution < -0.4 is 0 Å². The minimum Gasteiger partial charge on any atom is -0.461 e. The molecule has 1 aromatic carbocycles. The van der Waals surface area contributed by atoms with E-state index in [1.807, 2.05) is 6.07 Å². The van der Waals surface area contributed by atoms with Crippen LogP contribution in [0.2, 0.25) is 5.02 Å². The molecule has 0 bridgehead atoms. The van der Waals surface area contributed by atoms with Gasteiger partial charge in [-0.15, -0.1) is 0 Å². The van der Waals surface area contributed by atoms with Crippen LogP contribution >= 0.6 is 11.6 Å². The summed E-state index contributed by atoms with van der Waals surface area (Å²) in [4.78, 5) is 17.2. The fourth-order valence-electron chi connectivity index (χ4n) is 2.93. The maximum Gasteiger partial charge on any atom is 0.355 e. The Morgan fingerprint density at radius 3 is 2.69 bits per heavy atom. The minimum atomic E-state index is -1.02. The monoisotopic (exact) mass is 374 g/mol. The first-order chi connectivity index (χ1) is 12.6. The van der Waals surface area contributed by atoms with E-state index < -0.39 is 18.7 Å². The van der Waals surface area contributed by atoms with Gasteiger partial charge in [-0.25, -0.2) is 4.79 Å². The van der Waals surface area contributed by atoms with Crippen molar-refractivity contribution in [1.82, 2.24) is 9.55 Å². The maximum atomic E-state index is 12.7. The molecule has 2 aromatic heterocycles. The Bertz CT molecular complexity index is 921. The van der Waals surface area contributed by atoms with Gasteiger partial charge in [0.1, 0.15) is 5.69 Å². The number of carbonyl (C=O) groups excluding carboxylic acids is 1. The molecule has 7 heteroatoms. The number of hydrogen-bond donors (Lipinski definition) is 2. The van der Waals surface area contributed by atoms with Crippen molar-refractivity contribution in [3.63, 3.8) is 0 Å². The molecular weight excluding hydrogens is 356 g/mol. The number of fused-ring (bicyclic) bond motifs is 1. The molecule has 2 heterocycles. The zero-order valence-corrected chi connectivity index (χ0v) is 15.0. The molecule has 0 saturated carbocycles. The zero-order valence-electron chi connectivity index (χ0n) is 14.2. The lowest BCUT2D eigenvalue weighted by atomic mass is 10.0. The summed E-state index contributed by atoms with van der Waals surface area (Å²) < 4.78 is 6.89. The molecule has 0 fully saturated rings. The third-order valence-corrected chi connectivity index (χ3v) is 4.28. The van der Waals surface area contributed by atoms with E-state index in [0.717, 1.165) is 5.56 Å². The molecule has 6 nitrogen and oxygen atoms in total. The van der Waals surface area contributed by atoms with Crippen LogP contribution in [0.15, 0.2) is 42.6 Å². The first-order valence-corrected chi connectivity index (χ1v) is 8.63. The smallest absolute Gasteiger partial charge is 0.355 e. The second kappa shape index (κ2) is 7.86. The molecule has 2 N–H and O–H groups in total. The molecule has 26 heavy (non-hydrogen) atoms. The number of aromatic nitrogens is 2. The van der Waals surface area contributed by atoms with Gasteiger partial charge in [0.15, 0.2) is 0 Å². The van der Waals surface area contributed by atoms with E-state index >= 15 is 0 Å². The molecule has 0 amide bonds. The highest BCUT2D eigenvalue weighted by atomic mass is 35.5. The van der Waals surface area contributed by atoms with Crippen LogP contribution in [0.1, 0.15) is 17.4 Å². The number of esters is 1. The largest absolute Gasteiger partial charge is 0.461 e. The summed E-state index contributed by atoms with van der Waals surface area (Å²) >= 11 is 5.99. The lowest BCUT2D eigenvalue weighted by molar-refractivity contribution is 0.0501. The third kappa shape index (κ3) is 3.44. The quantitative estimate of drug-likeness (QED) is 0.648. The molecular formula is C19H19ClN2O4. The summed E-state index contributed by atoms with van der Waals surface area (Å²) in [6.07, 6.45) is 0.626. The first-order valence-electron chi connectivity index (χ1n) is 8.26. The Hall–Kier alpha value is -2.41. The van der Waals surface area contributed by atoms with E-state index in [1.54, 1.807) is 48.0 Å². The molecule has 0 spiro atoms. The van der Waals surface area contributed by atoms with Gasteiger partial charge in [-0.05, 0) is 36.8 Å². The van der Waals surface area contributed by atoms with Crippen molar-refractivity contribution in [3.8, 4) is 11.1 Å². The van der Waals surface area contributed by atoms with Gasteiger partial charge in [0.2, 0.25) is 0 Å². The summed E-state index contributed by atoms with van der Waals surface area (Å²) in [6.45, 7) is 1.57. The van der Waals surface area contributed by atoms with Crippen molar-refractivity contribution in [2.45, 2.75) is 19.6 Å². The average molecular weight is 375 g/mol. The van der Waals surface area contributed by atoms with Crippen molar-refractivity contribution in [2.24, 2.45) is 0 Å². The number of benzene rings is 1. The second-order valence-corrected chi connectivity index (χ2v) is 6.21. The number of hydrogen-bond acceptors (Lipinski definition) is 5. The van der Waals surface area contributed by atoms with Gasteiger partial charge in [-0.2, -0.15) is 0 Å². The number of halogens is 1. The number of pyridine rings is 1. The van der Waals surface area contributed by atoms with Crippen LogP contribution in [0.4, 0.5) is 0 Å². The Morgan fingerprint density at radius 2 is 2.04 bits per heavy atom. The van der Waals surface area contributed by atoms with Crippen LogP contribution in [0.25, 0.3) is 22.2 Å². The summed E-state index contributed by atoms with van der Waals surface area (Å²) in [5.74, 6) is -0.513. The molecule has 1 atom stereocenters. The molecule has 1 unspecified atom stereocenters. The highest BCUT2D eigenvalue weighted by Crippen LogP contribution is 2.35. The summed E-state index contributed by atoms with van der Waals surface area (Å²) in [6, 6.07) is 10.7. The summed E-state index contributed by atoms with van der Waals surface area (Å²) in [5, 5.41) is 19.8. The van der Waals surface area contributed by atoms with Crippen LogP contribution in [0.3, 0.4) is 0 Å². The standard InChI is InChI=1S/C19H19ClN2O4/c1-2-26-19(25)18-16(12-5-7-13(20)8-6-12)17-15(4-3-9-21-17)22(18)10-14(24)11-23/h3-9,14,23-24H,2,10-11H2,1H3. The van der Waals surface area contributed by atoms with Crippen LogP contribution in [-0.2, 0) is 11.3 Å². The average Bonchev–Trinajstić information content (AvgIpc) is 2.97. The first kappa shape index (κ1) is 18.4. The van der Waals surface area contributed by atoms with E-state index in [-0.39, 0.29) is 18.8 Å². The maximum absolute atomic E-state index is 12.7. The van der Waals surface area contributed by atoms with Crippen LogP contribution in [0, 0.1) is 0 Å². The summed E-state index contributed by atoms with van der Waals surface area (Å²) in [5.41, 5.74) is 2.95. The van der Waals surface area contributed by atoms with Crippen molar-refractivity contribution >= 4 is 28.6 Å². The predicted octanol–water partition coefficient (Wildman–Crippen LogP) is 2.89. The number of aliphatic hydroxyl groups is 2. The number of nitrogens with zero attached hydrogens (tertiary/aromatic N) is 2. The molecule has 136 valence electrons. The molecule has 0 saturated heterocycles. The van der Waals surface area contributed by atoms with Gasteiger partial charge in [0.25, 0.3) is 0 Å². The lowest BCUT2D eigenvalue weighted by Crippen LogP contribution is -2.23. The third-order valence-electron chi connectivity index (χ3n) is 4.03. The Balaban J connectivity index is 2.31. The van der Waals surface area contributed by atoms with E-state index in [9.17, 15) is 15.0 Å². The van der Waals surface area contributed by atoms with Gasteiger partial charge in [0.05, 0.1) is 36.9 Å². The molecule has 0 aliphatic carbocycles. The Kier molecular flexibility index (Phi) is 5.56. The molecule has 3 aromatic rings. The van der Waals surface area contributed by atoms with E-state index in [4.69, 9.17) is 16.3 Å². The fraction of sp³-hybridized carbons (Fsp3) is 0.263. The highest BCUT2D eigenvalue weighted by Gasteiger charge is 2.26.